The van der Waals surface area contributed by atoms with E-state index in [2.05, 4.69) is 152 Å². The number of para-hydroxylation sites is 1. The van der Waals surface area contributed by atoms with Gasteiger partial charge in [0, 0.05) is 53.6 Å². The highest BCUT2D eigenvalue weighted by Crippen LogP contribution is 2.31. The van der Waals surface area contributed by atoms with E-state index >= 15 is 0 Å². The van der Waals surface area contributed by atoms with E-state index in [1.165, 1.54) is 11.1 Å². The van der Waals surface area contributed by atoms with Crippen LogP contribution in [-0.2, 0) is 13.1 Å². The average Bonchev–Trinajstić information content (AvgIpc) is 3.58. The Balaban J connectivity index is 1.33. The van der Waals surface area contributed by atoms with Crippen LogP contribution >= 0.6 is 0 Å². The lowest BCUT2D eigenvalue weighted by atomic mass is 10.1. The van der Waals surface area contributed by atoms with Gasteiger partial charge in [0.1, 0.15) is 5.65 Å². The Kier molecular flexibility index (Phi) is 13.5. The molecule has 49 heavy (non-hydrogen) atoms. The van der Waals surface area contributed by atoms with Gasteiger partial charge in [-0.15, -0.1) is 0 Å². The van der Waals surface area contributed by atoms with Gasteiger partial charge >= 0.3 is 0 Å². The zero-order valence-corrected chi connectivity index (χ0v) is 30.6. The van der Waals surface area contributed by atoms with Gasteiger partial charge in [0.05, 0.1) is 5.69 Å². The largest absolute Gasteiger partial charge is 0.313 e. The lowest BCUT2D eigenvalue weighted by Crippen LogP contribution is -2.35. The topological polar surface area (TPSA) is 61.2 Å². The van der Waals surface area contributed by atoms with Crippen molar-refractivity contribution in [2.75, 3.05) is 39.3 Å². The molecule has 2 aromatic heterocycles. The number of nitrogens with one attached hydrogen (secondary N) is 2. The minimum atomic E-state index is 0.588. The molecule has 0 aliphatic carbocycles. The molecule has 0 amide bonds. The number of fused-ring (bicyclic) bond motifs is 1. The van der Waals surface area contributed by atoms with Gasteiger partial charge in [0.2, 0.25) is 0 Å². The zero-order chi connectivity index (χ0) is 34.6. The van der Waals surface area contributed by atoms with Crippen molar-refractivity contribution < 1.29 is 0 Å². The zero-order valence-electron chi connectivity index (χ0n) is 30.6. The number of hydrogen-bond acceptors (Lipinski definition) is 6. The first-order valence-corrected chi connectivity index (χ1v) is 18.5. The Morgan fingerprint density at radius 1 is 0.612 bits per heavy atom. The van der Waals surface area contributed by atoms with Crippen molar-refractivity contribution in [1.82, 2.24) is 35.0 Å². The van der Waals surface area contributed by atoms with Crippen molar-refractivity contribution in [2.45, 2.75) is 79.6 Å². The summed E-state index contributed by atoms with van der Waals surface area (Å²) < 4.78 is 2.17. The van der Waals surface area contributed by atoms with Crippen molar-refractivity contribution in [2.24, 2.45) is 0 Å². The molecule has 7 heteroatoms. The predicted octanol–water partition coefficient (Wildman–Crippen LogP) is 8.17. The van der Waals surface area contributed by atoms with E-state index in [9.17, 15) is 0 Å². The van der Waals surface area contributed by atoms with Crippen LogP contribution in [0.2, 0.25) is 0 Å². The maximum atomic E-state index is 5.20. The molecule has 2 N–H and O–H groups in total. The van der Waals surface area contributed by atoms with Crippen LogP contribution in [0.15, 0.2) is 91.1 Å². The van der Waals surface area contributed by atoms with Gasteiger partial charge in [-0.1, -0.05) is 94.4 Å². The fraction of sp³-hybridized carbons (Fsp3) is 0.429. The summed E-state index contributed by atoms with van der Waals surface area (Å²) in [4.78, 5) is 15.4. The molecule has 0 bridgehead atoms. The molecule has 2 atom stereocenters. The summed E-state index contributed by atoms with van der Waals surface area (Å²) in [6.45, 7) is 21.7. The molecule has 260 valence electrons. The highest BCUT2D eigenvalue weighted by atomic mass is 15.1. The van der Waals surface area contributed by atoms with Crippen molar-refractivity contribution in [3.05, 3.63) is 102 Å². The third-order valence-electron chi connectivity index (χ3n) is 10.0. The SMILES string of the molecule is CCN(CC)C(C)CCNCc1ccc(-c2nc(-c3ccc(CNCCC(C)N(CC)CC)cc3)c3ccn(-c4ccccc4)c3n2)cc1. The van der Waals surface area contributed by atoms with Gasteiger partial charge < -0.3 is 25.0 Å². The number of rotatable bonds is 19. The van der Waals surface area contributed by atoms with E-state index in [-0.39, 0.29) is 0 Å². The summed E-state index contributed by atoms with van der Waals surface area (Å²) in [5, 5.41) is 8.33. The van der Waals surface area contributed by atoms with Gasteiger partial charge in [-0.05, 0) is 95.3 Å². The fourth-order valence-corrected chi connectivity index (χ4v) is 6.86. The van der Waals surface area contributed by atoms with Crippen LogP contribution in [0.1, 0.15) is 65.5 Å². The van der Waals surface area contributed by atoms with E-state index in [1.807, 2.05) is 6.07 Å². The summed E-state index contributed by atoms with van der Waals surface area (Å²) in [6, 6.07) is 31.3. The summed E-state index contributed by atoms with van der Waals surface area (Å²) >= 11 is 0. The van der Waals surface area contributed by atoms with E-state index in [1.54, 1.807) is 0 Å². The van der Waals surface area contributed by atoms with Gasteiger partial charge in [-0.2, -0.15) is 0 Å². The highest BCUT2D eigenvalue weighted by Gasteiger charge is 2.16. The second-order valence-electron chi connectivity index (χ2n) is 13.1. The minimum absolute atomic E-state index is 0.588. The lowest BCUT2D eigenvalue weighted by molar-refractivity contribution is 0.220. The molecule has 0 saturated heterocycles. The minimum Gasteiger partial charge on any atom is -0.313 e. The first-order chi connectivity index (χ1) is 23.9. The quantitative estimate of drug-likeness (QED) is 0.0873. The van der Waals surface area contributed by atoms with E-state index in [0.29, 0.717) is 12.1 Å². The maximum absolute atomic E-state index is 5.20. The van der Waals surface area contributed by atoms with Crippen LogP contribution in [0.25, 0.3) is 39.4 Å². The summed E-state index contributed by atoms with van der Waals surface area (Å²) in [6.07, 6.45) is 4.40. The molecule has 5 rings (SSSR count). The molecule has 3 aromatic carbocycles. The normalized spacial score (nSPS) is 13.1. The Bertz CT molecular complexity index is 1690. The van der Waals surface area contributed by atoms with E-state index in [4.69, 9.17) is 9.97 Å². The van der Waals surface area contributed by atoms with Gasteiger partial charge in [0.25, 0.3) is 0 Å². The molecular formula is C42H57N7. The van der Waals surface area contributed by atoms with Crippen molar-refractivity contribution in [3.8, 4) is 28.3 Å². The van der Waals surface area contributed by atoms with E-state index in [0.717, 1.165) is 105 Å². The molecule has 5 aromatic rings. The highest BCUT2D eigenvalue weighted by molar-refractivity contribution is 5.93. The average molecular weight is 660 g/mol. The molecule has 0 aliphatic heterocycles. The molecule has 0 fully saturated rings. The summed E-state index contributed by atoms with van der Waals surface area (Å²) in [5.41, 5.74) is 7.60. The first-order valence-electron chi connectivity index (χ1n) is 18.5. The van der Waals surface area contributed by atoms with Gasteiger partial charge in [0.15, 0.2) is 5.82 Å². The van der Waals surface area contributed by atoms with Crippen LogP contribution in [0.5, 0.6) is 0 Å². The van der Waals surface area contributed by atoms with Crippen molar-refractivity contribution >= 4 is 11.0 Å². The molecule has 0 saturated carbocycles. The molecule has 2 unspecified atom stereocenters. The van der Waals surface area contributed by atoms with Crippen LogP contribution in [0, 0.1) is 0 Å². The Labute approximate surface area is 294 Å². The fourth-order valence-electron chi connectivity index (χ4n) is 6.86. The maximum Gasteiger partial charge on any atom is 0.162 e. The first kappa shape index (κ1) is 36.4. The predicted molar refractivity (Wildman–Crippen MR) is 207 cm³/mol. The standard InChI is InChI=1S/C42H57N7/c1-7-47(8-2)32(5)24-27-43-30-34-16-20-36(21-17-34)40-39-26-29-49(38-14-12-11-13-15-38)42(39)46-41(45-40)37-22-18-35(19-23-37)31-44-28-25-33(6)48(9-3)10-4/h11-23,26,29,32-33,43-44H,7-10,24-25,27-28,30-31H2,1-6H3. The summed E-state index contributed by atoms with van der Waals surface area (Å²) in [7, 11) is 0. The number of aromatic nitrogens is 3. The molecule has 7 nitrogen and oxygen atoms in total. The van der Waals surface area contributed by atoms with Gasteiger partial charge in [-0.25, -0.2) is 9.97 Å². The second kappa shape index (κ2) is 18.2. The van der Waals surface area contributed by atoms with E-state index < -0.39 is 0 Å². The molecule has 0 aliphatic rings. The van der Waals surface area contributed by atoms with Crippen LogP contribution in [0.3, 0.4) is 0 Å². The monoisotopic (exact) mass is 659 g/mol. The number of nitrogens with zero attached hydrogens (tertiary/aromatic N) is 5. The molecule has 0 radical (unpaired) electrons. The Hall–Kier alpha value is -3.88. The Morgan fingerprint density at radius 3 is 1.63 bits per heavy atom. The van der Waals surface area contributed by atoms with Crippen molar-refractivity contribution in [3.63, 3.8) is 0 Å². The summed E-state index contributed by atoms with van der Waals surface area (Å²) in [5.74, 6) is 0.735. The van der Waals surface area contributed by atoms with Gasteiger partial charge in [-0.3, -0.25) is 0 Å². The Morgan fingerprint density at radius 2 is 1.12 bits per heavy atom. The second-order valence-corrected chi connectivity index (χ2v) is 13.1. The molecule has 0 spiro atoms. The van der Waals surface area contributed by atoms with Crippen molar-refractivity contribution in [1.29, 1.82) is 0 Å². The smallest absolute Gasteiger partial charge is 0.162 e. The molecule has 2 heterocycles. The third-order valence-corrected chi connectivity index (χ3v) is 10.0. The lowest BCUT2D eigenvalue weighted by Gasteiger charge is -2.26. The number of benzene rings is 3. The van der Waals surface area contributed by atoms with Crippen LogP contribution < -0.4 is 10.6 Å². The van der Waals surface area contributed by atoms with Crippen LogP contribution in [0.4, 0.5) is 0 Å². The number of hydrogen-bond donors (Lipinski definition) is 2. The third kappa shape index (κ3) is 9.43. The van der Waals surface area contributed by atoms with Crippen LogP contribution in [-0.4, -0.2) is 75.7 Å². The molecular weight excluding hydrogens is 603 g/mol.